The van der Waals surface area contributed by atoms with Gasteiger partial charge in [0, 0.05) is 0 Å². The Morgan fingerprint density at radius 3 is 2.14 bits per heavy atom. The van der Waals surface area contributed by atoms with E-state index in [4.69, 9.17) is 6.42 Å². The fourth-order valence-electron chi connectivity index (χ4n) is 1.31. The largest absolute Gasteiger partial charge is 0.223 e. The summed E-state index contributed by atoms with van der Waals surface area (Å²) >= 11 is 0. The van der Waals surface area contributed by atoms with E-state index in [1.807, 2.05) is 19.9 Å². The predicted molar refractivity (Wildman–Crippen MR) is 56.8 cm³/mol. The minimum atomic E-state index is -3.29. The molecule has 0 amide bonds. The Hall–Kier alpha value is -1.27. The zero-order valence-electron chi connectivity index (χ0n) is 8.24. The van der Waals surface area contributed by atoms with Crippen LogP contribution in [0, 0.1) is 26.2 Å². The third-order valence-electron chi connectivity index (χ3n) is 1.83. The van der Waals surface area contributed by atoms with Crippen LogP contribution >= 0.6 is 0 Å². The van der Waals surface area contributed by atoms with E-state index >= 15 is 0 Å². The van der Waals surface area contributed by atoms with E-state index in [0.717, 1.165) is 11.1 Å². The van der Waals surface area contributed by atoms with Gasteiger partial charge in [-0.2, -0.15) is 0 Å². The monoisotopic (exact) mass is 208 g/mol. The SMILES string of the molecule is C#CCS(=O)(=O)c1cc(C)cc(C)c1. The first-order valence-corrected chi connectivity index (χ1v) is 5.85. The summed E-state index contributed by atoms with van der Waals surface area (Å²) in [6.45, 7) is 3.73. The van der Waals surface area contributed by atoms with E-state index in [1.165, 1.54) is 0 Å². The van der Waals surface area contributed by atoms with Crippen molar-refractivity contribution in [3.05, 3.63) is 29.3 Å². The van der Waals surface area contributed by atoms with Crippen LogP contribution in [-0.4, -0.2) is 14.2 Å². The van der Waals surface area contributed by atoms with E-state index in [2.05, 4.69) is 5.92 Å². The lowest BCUT2D eigenvalue weighted by Gasteiger charge is -2.03. The van der Waals surface area contributed by atoms with Crippen LogP contribution in [-0.2, 0) is 9.84 Å². The molecule has 0 N–H and O–H groups in total. The molecule has 0 aliphatic carbocycles. The zero-order chi connectivity index (χ0) is 10.8. The highest BCUT2D eigenvalue weighted by Crippen LogP contribution is 2.15. The Labute approximate surface area is 84.9 Å². The van der Waals surface area contributed by atoms with Crippen molar-refractivity contribution in [3.63, 3.8) is 0 Å². The topological polar surface area (TPSA) is 34.1 Å². The summed E-state index contributed by atoms with van der Waals surface area (Å²) < 4.78 is 23.2. The molecule has 1 aromatic rings. The molecule has 0 aliphatic rings. The average Bonchev–Trinajstić information content (AvgIpc) is 2.02. The summed E-state index contributed by atoms with van der Waals surface area (Å²) in [4.78, 5) is 0.313. The zero-order valence-corrected chi connectivity index (χ0v) is 9.06. The van der Waals surface area contributed by atoms with Crippen LogP contribution in [0.15, 0.2) is 23.1 Å². The Balaban J connectivity index is 3.28. The molecule has 0 fully saturated rings. The number of hydrogen-bond donors (Lipinski definition) is 0. The maximum atomic E-state index is 11.6. The van der Waals surface area contributed by atoms with Crippen LogP contribution in [0.5, 0.6) is 0 Å². The number of sulfone groups is 1. The number of aryl methyl sites for hydroxylation is 2. The molecule has 74 valence electrons. The van der Waals surface area contributed by atoms with Crippen molar-refractivity contribution in [1.82, 2.24) is 0 Å². The standard InChI is InChI=1S/C11H12O2S/c1-4-5-14(12,13)11-7-9(2)6-10(3)8-11/h1,6-8H,5H2,2-3H3. The van der Waals surface area contributed by atoms with Gasteiger partial charge >= 0.3 is 0 Å². The fraction of sp³-hybridized carbons (Fsp3) is 0.273. The van der Waals surface area contributed by atoms with E-state index in [-0.39, 0.29) is 5.75 Å². The van der Waals surface area contributed by atoms with E-state index < -0.39 is 9.84 Å². The highest BCUT2D eigenvalue weighted by atomic mass is 32.2. The molecule has 0 spiro atoms. The average molecular weight is 208 g/mol. The summed E-state index contributed by atoms with van der Waals surface area (Å²) in [6.07, 6.45) is 5.00. The van der Waals surface area contributed by atoms with Gasteiger partial charge in [-0.1, -0.05) is 12.0 Å². The van der Waals surface area contributed by atoms with Gasteiger partial charge in [0.1, 0.15) is 5.75 Å². The van der Waals surface area contributed by atoms with E-state index in [9.17, 15) is 8.42 Å². The molecule has 0 heterocycles. The maximum Gasteiger partial charge on any atom is 0.189 e. The van der Waals surface area contributed by atoms with Crippen LogP contribution < -0.4 is 0 Å². The smallest absolute Gasteiger partial charge is 0.189 e. The van der Waals surface area contributed by atoms with E-state index in [0.29, 0.717) is 4.90 Å². The van der Waals surface area contributed by atoms with Gasteiger partial charge in [-0.25, -0.2) is 8.42 Å². The third kappa shape index (κ3) is 2.36. The quantitative estimate of drug-likeness (QED) is 0.693. The molecule has 14 heavy (non-hydrogen) atoms. The Kier molecular flexibility index (Phi) is 2.97. The van der Waals surface area contributed by atoms with Gasteiger partial charge in [0.15, 0.2) is 9.84 Å². The van der Waals surface area contributed by atoms with Gasteiger partial charge in [-0.05, 0) is 37.1 Å². The Bertz CT molecular complexity index is 458. The van der Waals surface area contributed by atoms with Gasteiger partial charge in [0.05, 0.1) is 4.90 Å². The molecule has 0 bridgehead atoms. The molecular weight excluding hydrogens is 196 g/mol. The second-order valence-electron chi connectivity index (χ2n) is 3.29. The Morgan fingerprint density at radius 1 is 1.21 bits per heavy atom. The molecule has 0 aromatic heterocycles. The molecule has 3 heteroatoms. The lowest BCUT2D eigenvalue weighted by Crippen LogP contribution is -2.05. The van der Waals surface area contributed by atoms with Crippen molar-refractivity contribution >= 4 is 9.84 Å². The minimum Gasteiger partial charge on any atom is -0.223 e. The first-order chi connectivity index (χ1) is 6.45. The first-order valence-electron chi connectivity index (χ1n) is 4.20. The molecule has 0 saturated heterocycles. The lowest BCUT2D eigenvalue weighted by molar-refractivity contribution is 0.599. The lowest BCUT2D eigenvalue weighted by atomic mass is 10.2. The van der Waals surface area contributed by atoms with Gasteiger partial charge in [0.25, 0.3) is 0 Å². The highest BCUT2D eigenvalue weighted by molar-refractivity contribution is 7.91. The summed E-state index contributed by atoms with van der Waals surface area (Å²) in [5.74, 6) is 1.92. The van der Waals surface area contributed by atoms with Crippen LogP contribution in [0.2, 0.25) is 0 Å². The van der Waals surface area contributed by atoms with Crippen molar-refractivity contribution in [2.45, 2.75) is 18.7 Å². The maximum absolute atomic E-state index is 11.6. The molecule has 0 saturated carbocycles. The minimum absolute atomic E-state index is 0.240. The number of rotatable bonds is 2. The van der Waals surface area contributed by atoms with Gasteiger partial charge in [0.2, 0.25) is 0 Å². The van der Waals surface area contributed by atoms with Crippen molar-refractivity contribution < 1.29 is 8.42 Å². The second-order valence-corrected chi connectivity index (χ2v) is 5.28. The normalized spacial score (nSPS) is 10.9. The van der Waals surface area contributed by atoms with Crippen molar-refractivity contribution in [2.75, 3.05) is 5.75 Å². The van der Waals surface area contributed by atoms with Crippen LogP contribution in [0.4, 0.5) is 0 Å². The summed E-state index contributed by atoms with van der Waals surface area (Å²) in [5.41, 5.74) is 1.86. The van der Waals surface area contributed by atoms with Crippen molar-refractivity contribution in [3.8, 4) is 12.3 Å². The molecule has 0 aliphatic heterocycles. The molecule has 0 atom stereocenters. The first kappa shape index (κ1) is 10.8. The number of terminal acetylenes is 1. The number of hydrogen-bond acceptors (Lipinski definition) is 2. The number of benzene rings is 1. The van der Waals surface area contributed by atoms with Crippen molar-refractivity contribution in [1.29, 1.82) is 0 Å². The molecule has 0 unspecified atom stereocenters. The fourth-order valence-corrected chi connectivity index (χ4v) is 2.42. The summed E-state index contributed by atoms with van der Waals surface area (Å²) in [7, 11) is -3.29. The van der Waals surface area contributed by atoms with Gasteiger partial charge < -0.3 is 0 Å². The van der Waals surface area contributed by atoms with Crippen LogP contribution in [0.25, 0.3) is 0 Å². The molecule has 1 rings (SSSR count). The molecular formula is C11H12O2S. The molecule has 2 nitrogen and oxygen atoms in total. The second kappa shape index (κ2) is 3.85. The van der Waals surface area contributed by atoms with E-state index in [1.54, 1.807) is 12.1 Å². The Morgan fingerprint density at radius 2 is 1.71 bits per heavy atom. The van der Waals surface area contributed by atoms with Crippen LogP contribution in [0.3, 0.4) is 0 Å². The van der Waals surface area contributed by atoms with Gasteiger partial charge in [-0.15, -0.1) is 6.42 Å². The van der Waals surface area contributed by atoms with Crippen LogP contribution in [0.1, 0.15) is 11.1 Å². The third-order valence-corrected chi connectivity index (χ3v) is 3.33. The summed E-state index contributed by atoms with van der Waals surface area (Å²) in [5, 5.41) is 0. The van der Waals surface area contributed by atoms with Gasteiger partial charge in [-0.3, -0.25) is 0 Å². The molecule has 1 aromatic carbocycles. The molecule has 0 radical (unpaired) electrons. The predicted octanol–water partition coefficient (Wildman–Crippen LogP) is 1.71. The van der Waals surface area contributed by atoms with Crippen molar-refractivity contribution in [2.24, 2.45) is 0 Å². The highest BCUT2D eigenvalue weighted by Gasteiger charge is 2.12. The summed E-state index contributed by atoms with van der Waals surface area (Å²) in [6, 6.07) is 5.20.